The minimum atomic E-state index is 0.351. The van der Waals surface area contributed by atoms with Crippen molar-refractivity contribution in [3.05, 3.63) is 11.7 Å². The van der Waals surface area contributed by atoms with Gasteiger partial charge in [-0.3, -0.25) is 0 Å². The summed E-state index contributed by atoms with van der Waals surface area (Å²) in [7, 11) is 0. The standard InChI is InChI=1S/C8H14N4O/c9-4-7-11-8(13-12-7)6-2-1-3-10-5-6/h6,10H,1-5,9H2. The Bertz CT molecular complexity index is 267. The normalized spacial score (nSPS) is 23.3. The Morgan fingerprint density at radius 1 is 1.62 bits per heavy atom. The first kappa shape index (κ1) is 8.65. The van der Waals surface area contributed by atoms with Crippen LogP contribution in [0.3, 0.4) is 0 Å². The molecule has 0 spiro atoms. The summed E-state index contributed by atoms with van der Waals surface area (Å²) < 4.78 is 5.11. The van der Waals surface area contributed by atoms with Gasteiger partial charge in [-0.1, -0.05) is 5.16 Å². The summed E-state index contributed by atoms with van der Waals surface area (Å²) in [6, 6.07) is 0. The number of hydrogen-bond acceptors (Lipinski definition) is 5. The summed E-state index contributed by atoms with van der Waals surface area (Å²) in [5, 5.41) is 7.07. The van der Waals surface area contributed by atoms with Gasteiger partial charge in [0.15, 0.2) is 5.82 Å². The maximum absolute atomic E-state index is 5.39. The quantitative estimate of drug-likeness (QED) is 0.673. The van der Waals surface area contributed by atoms with Crippen molar-refractivity contribution in [3.8, 4) is 0 Å². The van der Waals surface area contributed by atoms with Crippen molar-refractivity contribution in [1.29, 1.82) is 0 Å². The van der Waals surface area contributed by atoms with Crippen LogP contribution in [0.4, 0.5) is 0 Å². The van der Waals surface area contributed by atoms with Crippen molar-refractivity contribution in [2.45, 2.75) is 25.3 Å². The lowest BCUT2D eigenvalue weighted by Gasteiger charge is -2.18. The van der Waals surface area contributed by atoms with Gasteiger partial charge in [0, 0.05) is 6.54 Å². The molecule has 2 heterocycles. The SMILES string of the molecule is NCc1noc(C2CCCNC2)n1. The Kier molecular flexibility index (Phi) is 2.56. The Morgan fingerprint density at radius 2 is 2.54 bits per heavy atom. The largest absolute Gasteiger partial charge is 0.339 e. The molecule has 1 aliphatic rings. The van der Waals surface area contributed by atoms with E-state index in [2.05, 4.69) is 15.5 Å². The summed E-state index contributed by atoms with van der Waals surface area (Å²) in [4.78, 5) is 4.21. The van der Waals surface area contributed by atoms with Crippen LogP contribution in [0.25, 0.3) is 0 Å². The Balaban J connectivity index is 2.05. The van der Waals surface area contributed by atoms with Crippen molar-refractivity contribution in [3.63, 3.8) is 0 Å². The molecule has 2 rings (SSSR count). The molecule has 1 aromatic heterocycles. The van der Waals surface area contributed by atoms with Crippen LogP contribution in [-0.2, 0) is 6.54 Å². The highest BCUT2D eigenvalue weighted by Gasteiger charge is 2.20. The van der Waals surface area contributed by atoms with Crippen LogP contribution in [0.2, 0.25) is 0 Å². The molecule has 1 unspecified atom stereocenters. The third-order valence-electron chi connectivity index (χ3n) is 2.31. The van der Waals surface area contributed by atoms with Crippen LogP contribution < -0.4 is 11.1 Å². The average molecular weight is 182 g/mol. The second kappa shape index (κ2) is 3.85. The second-order valence-corrected chi connectivity index (χ2v) is 3.30. The summed E-state index contributed by atoms with van der Waals surface area (Å²) in [5.41, 5.74) is 5.39. The minimum absolute atomic E-state index is 0.351. The van der Waals surface area contributed by atoms with Crippen molar-refractivity contribution in [2.24, 2.45) is 5.73 Å². The van der Waals surface area contributed by atoms with E-state index in [1.807, 2.05) is 0 Å². The molecule has 0 aliphatic carbocycles. The van der Waals surface area contributed by atoms with Crippen LogP contribution in [0.5, 0.6) is 0 Å². The fourth-order valence-electron chi connectivity index (χ4n) is 1.58. The van der Waals surface area contributed by atoms with Gasteiger partial charge in [0.1, 0.15) is 0 Å². The molecule has 0 amide bonds. The molecular formula is C8H14N4O. The van der Waals surface area contributed by atoms with Crippen molar-refractivity contribution in [1.82, 2.24) is 15.5 Å². The third-order valence-corrected chi connectivity index (χ3v) is 2.31. The molecule has 5 heteroatoms. The van der Waals surface area contributed by atoms with Crippen LogP contribution >= 0.6 is 0 Å². The first-order valence-electron chi connectivity index (χ1n) is 4.63. The van der Waals surface area contributed by atoms with Crippen molar-refractivity contribution < 1.29 is 4.52 Å². The highest BCUT2D eigenvalue weighted by Crippen LogP contribution is 2.20. The number of piperidine rings is 1. The molecule has 3 N–H and O–H groups in total. The Morgan fingerprint density at radius 3 is 3.15 bits per heavy atom. The number of aromatic nitrogens is 2. The maximum Gasteiger partial charge on any atom is 0.231 e. The second-order valence-electron chi connectivity index (χ2n) is 3.30. The Labute approximate surface area is 76.7 Å². The van der Waals surface area contributed by atoms with Gasteiger partial charge < -0.3 is 15.6 Å². The molecule has 0 bridgehead atoms. The van der Waals surface area contributed by atoms with E-state index >= 15 is 0 Å². The third kappa shape index (κ3) is 1.87. The lowest BCUT2D eigenvalue weighted by Crippen LogP contribution is -2.28. The predicted molar refractivity (Wildman–Crippen MR) is 47.0 cm³/mol. The molecule has 0 radical (unpaired) electrons. The number of hydrogen-bond donors (Lipinski definition) is 2. The molecule has 1 aliphatic heterocycles. The van der Waals surface area contributed by atoms with Gasteiger partial charge in [-0.25, -0.2) is 0 Å². The number of nitrogens with two attached hydrogens (primary N) is 1. The zero-order chi connectivity index (χ0) is 9.10. The van der Waals surface area contributed by atoms with Gasteiger partial charge in [-0.05, 0) is 19.4 Å². The average Bonchev–Trinajstić information content (AvgIpc) is 2.67. The van der Waals surface area contributed by atoms with Gasteiger partial charge in [0.05, 0.1) is 12.5 Å². The van der Waals surface area contributed by atoms with E-state index in [0.717, 1.165) is 25.4 Å². The molecule has 13 heavy (non-hydrogen) atoms. The molecule has 0 saturated carbocycles. The van der Waals surface area contributed by atoms with Crippen molar-refractivity contribution in [2.75, 3.05) is 13.1 Å². The zero-order valence-corrected chi connectivity index (χ0v) is 7.49. The first-order chi connectivity index (χ1) is 6.40. The van der Waals surface area contributed by atoms with Crippen LogP contribution in [0.15, 0.2) is 4.52 Å². The van der Waals surface area contributed by atoms with E-state index in [1.54, 1.807) is 0 Å². The van der Waals surface area contributed by atoms with Gasteiger partial charge in [0.2, 0.25) is 5.89 Å². The lowest BCUT2D eigenvalue weighted by atomic mass is 10.00. The molecular weight excluding hydrogens is 168 g/mol. The summed E-state index contributed by atoms with van der Waals surface area (Å²) in [5.74, 6) is 1.70. The predicted octanol–water partition coefficient (Wildman–Crippen LogP) is -0.00470. The van der Waals surface area contributed by atoms with E-state index in [4.69, 9.17) is 10.3 Å². The molecule has 1 saturated heterocycles. The fourth-order valence-corrected chi connectivity index (χ4v) is 1.58. The van der Waals surface area contributed by atoms with Crippen molar-refractivity contribution >= 4 is 0 Å². The molecule has 72 valence electrons. The first-order valence-corrected chi connectivity index (χ1v) is 4.63. The Hall–Kier alpha value is -0.940. The van der Waals surface area contributed by atoms with Crippen LogP contribution in [0, 0.1) is 0 Å². The van der Waals surface area contributed by atoms with Crippen LogP contribution in [-0.4, -0.2) is 23.2 Å². The topological polar surface area (TPSA) is 77.0 Å². The smallest absolute Gasteiger partial charge is 0.231 e. The van der Waals surface area contributed by atoms with Gasteiger partial charge in [0.25, 0.3) is 0 Å². The summed E-state index contributed by atoms with van der Waals surface area (Å²) in [6.45, 7) is 2.38. The molecule has 5 nitrogen and oxygen atoms in total. The summed E-state index contributed by atoms with van der Waals surface area (Å²) >= 11 is 0. The monoisotopic (exact) mass is 182 g/mol. The van der Waals surface area contributed by atoms with E-state index in [9.17, 15) is 0 Å². The molecule has 1 atom stereocenters. The zero-order valence-electron chi connectivity index (χ0n) is 7.49. The van der Waals surface area contributed by atoms with E-state index in [1.165, 1.54) is 6.42 Å². The van der Waals surface area contributed by atoms with Gasteiger partial charge in [-0.2, -0.15) is 4.98 Å². The molecule has 1 fully saturated rings. The van der Waals surface area contributed by atoms with E-state index in [-0.39, 0.29) is 0 Å². The highest BCUT2D eigenvalue weighted by molar-refractivity contribution is 4.96. The summed E-state index contributed by atoms with van der Waals surface area (Å²) in [6.07, 6.45) is 2.30. The molecule has 1 aromatic rings. The minimum Gasteiger partial charge on any atom is -0.339 e. The number of rotatable bonds is 2. The molecule has 0 aromatic carbocycles. The van der Waals surface area contributed by atoms with Crippen LogP contribution in [0.1, 0.15) is 30.5 Å². The number of nitrogens with zero attached hydrogens (tertiary/aromatic N) is 2. The number of nitrogens with one attached hydrogen (secondary N) is 1. The highest BCUT2D eigenvalue weighted by atomic mass is 16.5. The fraction of sp³-hybridized carbons (Fsp3) is 0.750. The van der Waals surface area contributed by atoms with Gasteiger partial charge in [-0.15, -0.1) is 0 Å². The lowest BCUT2D eigenvalue weighted by molar-refractivity contribution is 0.320. The van der Waals surface area contributed by atoms with E-state index < -0.39 is 0 Å². The maximum atomic E-state index is 5.39. The van der Waals surface area contributed by atoms with E-state index in [0.29, 0.717) is 18.3 Å². The van der Waals surface area contributed by atoms with Gasteiger partial charge >= 0.3 is 0 Å².